The molecule has 0 saturated carbocycles. The molecule has 1 N–H and O–H groups in total. The van der Waals surface area contributed by atoms with Crippen molar-refractivity contribution in [1.82, 2.24) is 5.32 Å². The molecule has 0 aliphatic carbocycles. The maximum atomic E-state index is 13.6. The molecule has 6 heteroatoms. The number of rotatable bonds is 5. The van der Waals surface area contributed by atoms with Gasteiger partial charge in [-0.25, -0.2) is 8.78 Å². The molecule has 2 rings (SSSR count). The van der Waals surface area contributed by atoms with Gasteiger partial charge in [0.15, 0.2) is 0 Å². The lowest BCUT2D eigenvalue weighted by molar-refractivity contribution is -0.384. The molecular formula is C15H14F2N2O2. The minimum atomic E-state index is -0.504. The fourth-order valence-corrected chi connectivity index (χ4v) is 2.01. The maximum absolute atomic E-state index is 13.6. The van der Waals surface area contributed by atoms with Crippen LogP contribution in [0.15, 0.2) is 42.5 Å². The van der Waals surface area contributed by atoms with Gasteiger partial charge in [-0.1, -0.05) is 12.1 Å². The first-order chi connectivity index (χ1) is 9.97. The van der Waals surface area contributed by atoms with Gasteiger partial charge < -0.3 is 5.32 Å². The molecule has 0 fully saturated rings. The molecule has 0 aliphatic rings. The molecule has 110 valence electrons. The zero-order valence-electron chi connectivity index (χ0n) is 11.3. The summed E-state index contributed by atoms with van der Waals surface area (Å²) in [5, 5.41) is 13.7. The van der Waals surface area contributed by atoms with E-state index < -0.39 is 22.6 Å². The van der Waals surface area contributed by atoms with Crippen LogP contribution in [0.2, 0.25) is 0 Å². The molecule has 2 aromatic carbocycles. The van der Waals surface area contributed by atoms with Crippen LogP contribution in [0.4, 0.5) is 14.5 Å². The quantitative estimate of drug-likeness (QED) is 0.675. The summed E-state index contributed by atoms with van der Waals surface area (Å²) in [6, 6.07) is 9.03. The Morgan fingerprint density at radius 2 is 2.00 bits per heavy atom. The number of non-ortho nitro benzene ring substituents is 1. The van der Waals surface area contributed by atoms with Crippen molar-refractivity contribution in [2.45, 2.75) is 19.5 Å². The Balaban J connectivity index is 2.07. The molecule has 1 unspecified atom stereocenters. The number of nitrogens with zero attached hydrogens (tertiary/aromatic N) is 1. The highest BCUT2D eigenvalue weighted by Gasteiger charge is 2.12. The Morgan fingerprint density at radius 3 is 2.71 bits per heavy atom. The van der Waals surface area contributed by atoms with Crippen LogP contribution < -0.4 is 5.32 Å². The third-order valence-electron chi connectivity index (χ3n) is 3.16. The van der Waals surface area contributed by atoms with Crippen LogP contribution in [0.25, 0.3) is 0 Å². The average Bonchev–Trinajstić information content (AvgIpc) is 2.47. The summed E-state index contributed by atoms with van der Waals surface area (Å²) >= 11 is 0. The number of hydrogen-bond donors (Lipinski definition) is 1. The smallest absolute Gasteiger partial charge is 0.269 e. The molecule has 0 aromatic heterocycles. The van der Waals surface area contributed by atoms with Gasteiger partial charge in [0, 0.05) is 30.3 Å². The second kappa shape index (κ2) is 6.41. The highest BCUT2D eigenvalue weighted by atomic mass is 19.1. The van der Waals surface area contributed by atoms with E-state index in [4.69, 9.17) is 0 Å². The van der Waals surface area contributed by atoms with Crippen LogP contribution in [-0.2, 0) is 6.54 Å². The maximum Gasteiger partial charge on any atom is 0.269 e. The summed E-state index contributed by atoms with van der Waals surface area (Å²) in [6.45, 7) is 2.02. The Kier molecular flexibility index (Phi) is 4.59. The van der Waals surface area contributed by atoms with Crippen LogP contribution in [-0.4, -0.2) is 4.92 Å². The van der Waals surface area contributed by atoms with Crippen molar-refractivity contribution in [2.24, 2.45) is 0 Å². The molecule has 21 heavy (non-hydrogen) atoms. The van der Waals surface area contributed by atoms with E-state index in [1.807, 2.05) is 0 Å². The molecular weight excluding hydrogens is 278 g/mol. The number of halogens is 2. The summed E-state index contributed by atoms with van der Waals surface area (Å²) in [6.07, 6.45) is 0. The fraction of sp³-hybridized carbons (Fsp3) is 0.200. The topological polar surface area (TPSA) is 55.2 Å². The number of nitrogens with one attached hydrogen (secondary N) is 1. The van der Waals surface area contributed by atoms with E-state index in [0.717, 1.165) is 18.2 Å². The molecule has 0 amide bonds. The third kappa shape index (κ3) is 3.82. The van der Waals surface area contributed by atoms with E-state index in [0.29, 0.717) is 12.1 Å². The van der Waals surface area contributed by atoms with Gasteiger partial charge in [-0.3, -0.25) is 10.1 Å². The standard InChI is InChI=1S/C15H14F2N2O2/c1-10(14-8-12(16)5-6-15(14)17)18-9-11-3-2-4-13(7-11)19(20)21/h2-8,10,18H,9H2,1H3. The van der Waals surface area contributed by atoms with Crippen molar-refractivity contribution in [3.05, 3.63) is 75.3 Å². The predicted molar refractivity (Wildman–Crippen MR) is 74.7 cm³/mol. The summed E-state index contributed by atoms with van der Waals surface area (Å²) < 4.78 is 26.8. The SMILES string of the molecule is CC(NCc1cccc([N+](=O)[O-])c1)c1cc(F)ccc1F. The van der Waals surface area contributed by atoms with Crippen LogP contribution in [0.5, 0.6) is 0 Å². The van der Waals surface area contributed by atoms with E-state index in [1.165, 1.54) is 12.1 Å². The second-order valence-corrected chi connectivity index (χ2v) is 4.70. The zero-order valence-corrected chi connectivity index (χ0v) is 11.3. The highest BCUT2D eigenvalue weighted by Crippen LogP contribution is 2.19. The Morgan fingerprint density at radius 1 is 1.24 bits per heavy atom. The van der Waals surface area contributed by atoms with Crippen LogP contribution in [0.1, 0.15) is 24.1 Å². The minimum absolute atomic E-state index is 0.00103. The minimum Gasteiger partial charge on any atom is -0.306 e. The van der Waals surface area contributed by atoms with Gasteiger partial charge >= 0.3 is 0 Å². The molecule has 0 heterocycles. The lowest BCUT2D eigenvalue weighted by Gasteiger charge is -2.15. The van der Waals surface area contributed by atoms with Gasteiger partial charge in [0.1, 0.15) is 11.6 Å². The van der Waals surface area contributed by atoms with Gasteiger partial charge in [0.05, 0.1) is 4.92 Å². The number of benzene rings is 2. The third-order valence-corrected chi connectivity index (χ3v) is 3.16. The van der Waals surface area contributed by atoms with E-state index >= 15 is 0 Å². The lowest BCUT2D eigenvalue weighted by Crippen LogP contribution is -2.19. The molecule has 0 bridgehead atoms. The number of hydrogen-bond acceptors (Lipinski definition) is 3. The fourth-order valence-electron chi connectivity index (χ4n) is 2.01. The summed E-state index contributed by atoms with van der Waals surface area (Å²) in [7, 11) is 0. The normalized spacial score (nSPS) is 12.1. The van der Waals surface area contributed by atoms with Gasteiger partial charge in [0.2, 0.25) is 0 Å². The Bertz CT molecular complexity index is 662. The van der Waals surface area contributed by atoms with E-state index in [9.17, 15) is 18.9 Å². The first kappa shape index (κ1) is 15.1. The van der Waals surface area contributed by atoms with Crippen molar-refractivity contribution in [2.75, 3.05) is 0 Å². The summed E-state index contributed by atoms with van der Waals surface area (Å²) in [4.78, 5) is 10.2. The van der Waals surface area contributed by atoms with Crippen molar-refractivity contribution in [3.63, 3.8) is 0 Å². The molecule has 0 aliphatic heterocycles. The number of nitro benzene ring substituents is 1. The summed E-state index contributed by atoms with van der Waals surface area (Å²) in [5.74, 6) is -0.995. The highest BCUT2D eigenvalue weighted by molar-refractivity contribution is 5.34. The first-order valence-corrected chi connectivity index (χ1v) is 6.39. The molecule has 0 radical (unpaired) electrons. The molecule has 2 aromatic rings. The lowest BCUT2D eigenvalue weighted by atomic mass is 10.1. The zero-order chi connectivity index (χ0) is 15.4. The van der Waals surface area contributed by atoms with E-state index in [2.05, 4.69) is 5.32 Å². The van der Waals surface area contributed by atoms with Crippen molar-refractivity contribution >= 4 is 5.69 Å². The van der Waals surface area contributed by atoms with Crippen LogP contribution in [0, 0.1) is 21.7 Å². The largest absolute Gasteiger partial charge is 0.306 e. The van der Waals surface area contributed by atoms with Gasteiger partial charge in [-0.2, -0.15) is 0 Å². The average molecular weight is 292 g/mol. The first-order valence-electron chi connectivity index (χ1n) is 6.39. The Hall–Kier alpha value is -2.34. The van der Waals surface area contributed by atoms with E-state index in [1.54, 1.807) is 19.1 Å². The monoisotopic (exact) mass is 292 g/mol. The van der Waals surface area contributed by atoms with Gasteiger partial charge in [-0.15, -0.1) is 0 Å². The predicted octanol–water partition coefficient (Wildman–Crippen LogP) is 3.72. The van der Waals surface area contributed by atoms with Gasteiger partial charge in [0.25, 0.3) is 5.69 Å². The Labute approximate surface area is 120 Å². The van der Waals surface area contributed by atoms with Crippen molar-refractivity contribution in [3.8, 4) is 0 Å². The van der Waals surface area contributed by atoms with Crippen LogP contribution in [0.3, 0.4) is 0 Å². The van der Waals surface area contributed by atoms with Crippen LogP contribution >= 0.6 is 0 Å². The number of nitro groups is 1. The van der Waals surface area contributed by atoms with Crippen molar-refractivity contribution in [1.29, 1.82) is 0 Å². The summed E-state index contributed by atoms with van der Waals surface area (Å²) in [5.41, 5.74) is 0.923. The van der Waals surface area contributed by atoms with E-state index in [-0.39, 0.29) is 11.3 Å². The molecule has 0 saturated heterocycles. The molecule has 4 nitrogen and oxygen atoms in total. The molecule has 0 spiro atoms. The molecule has 1 atom stereocenters. The van der Waals surface area contributed by atoms with Gasteiger partial charge in [-0.05, 0) is 30.7 Å². The second-order valence-electron chi connectivity index (χ2n) is 4.70. The van der Waals surface area contributed by atoms with Crippen molar-refractivity contribution < 1.29 is 13.7 Å².